The highest BCUT2D eigenvalue weighted by atomic mass is 16.5. The van der Waals surface area contributed by atoms with Gasteiger partial charge in [0.1, 0.15) is 5.69 Å². The van der Waals surface area contributed by atoms with Gasteiger partial charge in [0.25, 0.3) is 0 Å². The summed E-state index contributed by atoms with van der Waals surface area (Å²) in [5.74, 6) is 0.563. The van der Waals surface area contributed by atoms with Gasteiger partial charge in [-0.25, -0.2) is 4.98 Å². The fourth-order valence-corrected chi connectivity index (χ4v) is 1.43. The van der Waals surface area contributed by atoms with Crippen molar-refractivity contribution in [3.05, 3.63) is 24.4 Å². The summed E-state index contributed by atoms with van der Waals surface area (Å²) >= 11 is 0. The number of nitrogen functional groups attached to an aromatic ring is 1. The normalized spacial score (nSPS) is 10.3. The number of nitrogens with two attached hydrogens (primary N) is 1. The van der Waals surface area contributed by atoms with Crippen LogP contribution in [0.15, 0.2) is 24.4 Å². The van der Waals surface area contributed by atoms with Gasteiger partial charge in [-0.3, -0.25) is 4.68 Å². The lowest BCUT2D eigenvalue weighted by Crippen LogP contribution is -1.98. The molecule has 0 amide bonds. The van der Waals surface area contributed by atoms with Crippen LogP contribution in [0, 0.1) is 0 Å². The smallest absolute Gasteiger partial charge is 0.213 e. The Balaban J connectivity index is 2.53. The molecule has 2 heterocycles. The van der Waals surface area contributed by atoms with Gasteiger partial charge >= 0.3 is 0 Å². The molecule has 0 aliphatic heterocycles. The van der Waals surface area contributed by atoms with Crippen molar-refractivity contribution in [2.24, 2.45) is 7.05 Å². The van der Waals surface area contributed by atoms with Gasteiger partial charge in [0.15, 0.2) is 0 Å². The number of hydrogen-bond donors (Lipinski definition) is 1. The molecular weight excluding hydrogens is 192 g/mol. The van der Waals surface area contributed by atoms with Crippen molar-refractivity contribution in [1.82, 2.24) is 14.8 Å². The molecule has 0 saturated carbocycles. The molecule has 0 aromatic carbocycles. The molecule has 5 nitrogen and oxygen atoms in total. The zero-order valence-electron chi connectivity index (χ0n) is 8.64. The Morgan fingerprint density at radius 3 is 2.80 bits per heavy atom. The Kier molecular flexibility index (Phi) is 2.29. The third-order valence-electron chi connectivity index (χ3n) is 2.14. The van der Waals surface area contributed by atoms with Crippen LogP contribution < -0.4 is 10.5 Å². The van der Waals surface area contributed by atoms with Crippen LogP contribution in [-0.2, 0) is 7.05 Å². The van der Waals surface area contributed by atoms with Crippen LogP contribution >= 0.6 is 0 Å². The maximum absolute atomic E-state index is 5.80. The molecule has 2 aromatic heterocycles. The van der Waals surface area contributed by atoms with Gasteiger partial charge in [0, 0.05) is 13.1 Å². The van der Waals surface area contributed by atoms with Gasteiger partial charge in [-0.15, -0.1) is 0 Å². The molecule has 2 rings (SSSR count). The molecule has 2 aromatic rings. The first kappa shape index (κ1) is 9.51. The third kappa shape index (κ3) is 1.63. The van der Waals surface area contributed by atoms with E-state index in [1.807, 2.05) is 19.2 Å². The van der Waals surface area contributed by atoms with Crippen LogP contribution in [0.25, 0.3) is 11.4 Å². The van der Waals surface area contributed by atoms with Crippen LogP contribution in [0.2, 0.25) is 0 Å². The maximum atomic E-state index is 5.80. The monoisotopic (exact) mass is 204 g/mol. The topological polar surface area (TPSA) is 66.0 Å². The molecule has 15 heavy (non-hydrogen) atoms. The summed E-state index contributed by atoms with van der Waals surface area (Å²) in [6.45, 7) is 0. The van der Waals surface area contributed by atoms with E-state index in [1.54, 1.807) is 24.1 Å². The van der Waals surface area contributed by atoms with E-state index in [0.29, 0.717) is 11.6 Å². The van der Waals surface area contributed by atoms with Crippen molar-refractivity contribution in [2.75, 3.05) is 12.8 Å². The van der Waals surface area contributed by atoms with E-state index in [4.69, 9.17) is 10.5 Å². The first-order valence-electron chi connectivity index (χ1n) is 4.51. The highest BCUT2D eigenvalue weighted by Gasteiger charge is 2.09. The number of methoxy groups -OCH3 is 1. The quantitative estimate of drug-likeness (QED) is 0.794. The predicted molar refractivity (Wildman–Crippen MR) is 57.4 cm³/mol. The number of nitrogens with zero attached hydrogens (tertiary/aromatic N) is 3. The van der Waals surface area contributed by atoms with Crippen molar-refractivity contribution in [2.45, 2.75) is 0 Å². The fourth-order valence-electron chi connectivity index (χ4n) is 1.43. The largest absolute Gasteiger partial charge is 0.481 e. The number of anilines is 1. The van der Waals surface area contributed by atoms with Crippen LogP contribution in [-0.4, -0.2) is 21.9 Å². The van der Waals surface area contributed by atoms with Gasteiger partial charge < -0.3 is 10.5 Å². The second-order valence-corrected chi connectivity index (χ2v) is 3.14. The summed E-state index contributed by atoms with van der Waals surface area (Å²) in [4.78, 5) is 4.29. The molecule has 0 spiro atoms. The Labute approximate surface area is 87.5 Å². The minimum Gasteiger partial charge on any atom is -0.481 e. The van der Waals surface area contributed by atoms with Crippen molar-refractivity contribution < 1.29 is 4.74 Å². The second kappa shape index (κ2) is 3.61. The van der Waals surface area contributed by atoms with E-state index in [1.165, 1.54) is 0 Å². The van der Waals surface area contributed by atoms with E-state index in [0.717, 1.165) is 11.4 Å². The average Bonchev–Trinajstić information content (AvgIpc) is 2.59. The van der Waals surface area contributed by atoms with Crippen LogP contribution in [0.4, 0.5) is 5.69 Å². The zero-order valence-corrected chi connectivity index (χ0v) is 8.64. The van der Waals surface area contributed by atoms with Gasteiger partial charge in [-0.2, -0.15) is 5.10 Å². The summed E-state index contributed by atoms with van der Waals surface area (Å²) < 4.78 is 6.74. The Bertz CT molecular complexity index is 459. The molecule has 5 heteroatoms. The van der Waals surface area contributed by atoms with Crippen molar-refractivity contribution >= 4 is 5.69 Å². The van der Waals surface area contributed by atoms with Crippen LogP contribution in [0.3, 0.4) is 0 Å². The fraction of sp³-hybridized carbons (Fsp3) is 0.200. The molecule has 0 saturated heterocycles. The van der Waals surface area contributed by atoms with E-state index >= 15 is 0 Å². The van der Waals surface area contributed by atoms with E-state index in [-0.39, 0.29) is 0 Å². The third-order valence-corrected chi connectivity index (χ3v) is 2.14. The molecule has 0 unspecified atom stereocenters. The summed E-state index contributed by atoms with van der Waals surface area (Å²) in [6, 6.07) is 5.53. The summed E-state index contributed by atoms with van der Waals surface area (Å²) in [5, 5.41) is 4.06. The summed E-state index contributed by atoms with van der Waals surface area (Å²) in [7, 11) is 3.41. The van der Waals surface area contributed by atoms with Crippen molar-refractivity contribution in [3.63, 3.8) is 0 Å². The molecule has 0 aliphatic carbocycles. The standard InChI is InChI=1S/C10H12N4O/c1-14-10(7(11)6-12-14)8-4-3-5-9(13-8)15-2/h3-6H,11H2,1-2H3. The number of pyridine rings is 1. The Morgan fingerprint density at radius 1 is 1.40 bits per heavy atom. The Hall–Kier alpha value is -2.04. The number of aromatic nitrogens is 3. The molecular formula is C10H12N4O. The van der Waals surface area contributed by atoms with Gasteiger partial charge in [0.05, 0.1) is 24.7 Å². The lowest BCUT2D eigenvalue weighted by Gasteiger charge is -2.04. The predicted octanol–water partition coefficient (Wildman–Crippen LogP) is 1.07. The molecule has 0 fully saturated rings. The van der Waals surface area contributed by atoms with E-state index in [9.17, 15) is 0 Å². The number of ether oxygens (including phenoxy) is 1. The molecule has 0 aliphatic rings. The number of aryl methyl sites for hydroxylation is 1. The molecule has 2 N–H and O–H groups in total. The minimum atomic E-state index is 0.563. The molecule has 0 bridgehead atoms. The lowest BCUT2D eigenvalue weighted by atomic mass is 10.2. The van der Waals surface area contributed by atoms with Crippen molar-refractivity contribution in [1.29, 1.82) is 0 Å². The van der Waals surface area contributed by atoms with E-state index < -0.39 is 0 Å². The second-order valence-electron chi connectivity index (χ2n) is 3.14. The van der Waals surface area contributed by atoms with Gasteiger partial charge in [0.2, 0.25) is 5.88 Å². The lowest BCUT2D eigenvalue weighted by molar-refractivity contribution is 0.398. The van der Waals surface area contributed by atoms with Crippen molar-refractivity contribution in [3.8, 4) is 17.3 Å². The SMILES string of the molecule is COc1cccc(-c2c(N)cnn2C)n1. The highest BCUT2D eigenvalue weighted by molar-refractivity contribution is 5.69. The van der Waals surface area contributed by atoms with E-state index in [2.05, 4.69) is 10.1 Å². The minimum absolute atomic E-state index is 0.563. The zero-order chi connectivity index (χ0) is 10.8. The number of rotatable bonds is 2. The highest BCUT2D eigenvalue weighted by Crippen LogP contribution is 2.24. The number of hydrogen-bond acceptors (Lipinski definition) is 4. The first-order chi connectivity index (χ1) is 7.22. The summed E-state index contributed by atoms with van der Waals surface area (Å²) in [5.41, 5.74) is 7.97. The van der Waals surface area contributed by atoms with Gasteiger partial charge in [-0.05, 0) is 6.07 Å². The maximum Gasteiger partial charge on any atom is 0.213 e. The molecule has 78 valence electrons. The molecule has 0 atom stereocenters. The average molecular weight is 204 g/mol. The first-order valence-corrected chi connectivity index (χ1v) is 4.51. The van der Waals surface area contributed by atoms with Gasteiger partial charge in [-0.1, -0.05) is 6.07 Å². The summed E-state index contributed by atoms with van der Waals surface area (Å²) in [6.07, 6.45) is 1.61. The Morgan fingerprint density at radius 2 is 2.20 bits per heavy atom. The van der Waals surface area contributed by atoms with Crippen LogP contribution in [0.5, 0.6) is 5.88 Å². The van der Waals surface area contributed by atoms with Crippen LogP contribution in [0.1, 0.15) is 0 Å². The molecule has 0 radical (unpaired) electrons.